The van der Waals surface area contributed by atoms with Gasteiger partial charge >= 0.3 is 11.9 Å². The average Bonchev–Trinajstić information content (AvgIpc) is 3.00. The van der Waals surface area contributed by atoms with Crippen LogP contribution in [0, 0.1) is 0 Å². The highest BCUT2D eigenvalue weighted by molar-refractivity contribution is 8.01. The van der Waals surface area contributed by atoms with Gasteiger partial charge in [0.1, 0.15) is 11.5 Å². The van der Waals surface area contributed by atoms with Crippen LogP contribution in [-0.4, -0.2) is 60.6 Å². The summed E-state index contributed by atoms with van der Waals surface area (Å²) in [6, 6.07) is 22.8. The van der Waals surface area contributed by atoms with Crippen LogP contribution in [-0.2, 0) is 36.7 Å². The van der Waals surface area contributed by atoms with Gasteiger partial charge in [-0.15, -0.1) is 0 Å². The minimum absolute atomic E-state index is 0.210. The van der Waals surface area contributed by atoms with Gasteiger partial charge in [-0.3, -0.25) is 9.59 Å². The zero-order chi connectivity index (χ0) is 30.1. The lowest BCUT2D eigenvalue weighted by Gasteiger charge is -2.55. The van der Waals surface area contributed by atoms with Gasteiger partial charge in [0.05, 0.1) is 20.8 Å². The monoisotopic (exact) mass is 591 g/mol. The number of ether oxygens (including phenoxy) is 4. The molecular formula is C33H37NO7S. The third-order valence-electron chi connectivity index (χ3n) is 7.10. The molecule has 0 spiro atoms. The van der Waals surface area contributed by atoms with Crippen molar-refractivity contribution in [1.29, 1.82) is 0 Å². The summed E-state index contributed by atoms with van der Waals surface area (Å²) in [5.74, 6) is -0.259. The minimum Gasteiger partial charge on any atom is -0.497 e. The summed E-state index contributed by atoms with van der Waals surface area (Å²) in [4.78, 5) is 40.9. The minimum atomic E-state index is -1.78. The van der Waals surface area contributed by atoms with Crippen molar-refractivity contribution in [3.63, 3.8) is 0 Å². The van der Waals surface area contributed by atoms with Gasteiger partial charge in [-0.2, -0.15) is 0 Å². The van der Waals surface area contributed by atoms with Gasteiger partial charge in [-0.25, -0.2) is 4.79 Å². The second-order valence-electron chi connectivity index (χ2n) is 10.1. The van der Waals surface area contributed by atoms with Crippen molar-refractivity contribution < 1.29 is 33.3 Å². The van der Waals surface area contributed by atoms with Gasteiger partial charge in [0.25, 0.3) is 10.8 Å². The molecule has 3 aromatic rings. The topological polar surface area (TPSA) is 91.4 Å². The zero-order valence-electron chi connectivity index (χ0n) is 24.4. The van der Waals surface area contributed by atoms with E-state index in [0.29, 0.717) is 24.2 Å². The summed E-state index contributed by atoms with van der Waals surface area (Å²) >= 11 is 1.07. The van der Waals surface area contributed by atoms with Crippen LogP contribution in [0.5, 0.6) is 11.5 Å². The average molecular weight is 592 g/mol. The molecule has 0 bridgehead atoms. The first kappa shape index (κ1) is 31.0. The number of hydrogen-bond donors (Lipinski definition) is 0. The molecule has 42 heavy (non-hydrogen) atoms. The molecule has 222 valence electrons. The molecule has 1 heterocycles. The molecule has 3 aromatic carbocycles. The van der Waals surface area contributed by atoms with Crippen molar-refractivity contribution in [1.82, 2.24) is 4.90 Å². The number of carbonyl (C=O) groups is 3. The normalized spacial score (nSPS) is 17.9. The van der Waals surface area contributed by atoms with E-state index in [4.69, 9.17) is 18.9 Å². The molecular weight excluding hydrogens is 554 g/mol. The van der Waals surface area contributed by atoms with Gasteiger partial charge in [-0.05, 0) is 66.8 Å². The van der Waals surface area contributed by atoms with Crippen LogP contribution in [0.3, 0.4) is 0 Å². The number of β-lactam (4-membered cyclic amide) rings is 1. The largest absolute Gasteiger partial charge is 0.497 e. The standard InChI is InChI=1S/C33H37NO7S/c1-5-6-20-40-31(36)30-33(41-23(2)35,42-29-10-8-7-9-11-29)32(37)34(30)26(21-24-12-16-27(38-3)17-13-24)22-25-14-18-28(39-4)19-15-25/h7-19,26,30H,5-6,20-22H2,1-4H3. The van der Waals surface area contributed by atoms with Crippen molar-refractivity contribution in [3.05, 3.63) is 90.0 Å². The van der Waals surface area contributed by atoms with Crippen LogP contribution in [0.15, 0.2) is 83.8 Å². The zero-order valence-corrected chi connectivity index (χ0v) is 25.2. The van der Waals surface area contributed by atoms with Gasteiger partial charge in [0.15, 0.2) is 6.04 Å². The fourth-order valence-electron chi connectivity index (χ4n) is 5.01. The Kier molecular flexibility index (Phi) is 10.5. The Morgan fingerprint density at radius 2 is 1.43 bits per heavy atom. The number of unbranched alkanes of at least 4 members (excludes halogenated alkanes) is 1. The Morgan fingerprint density at radius 3 is 1.90 bits per heavy atom. The van der Waals surface area contributed by atoms with Crippen LogP contribution >= 0.6 is 11.8 Å². The number of carbonyl (C=O) groups excluding carboxylic acids is 3. The number of nitrogens with zero attached hydrogens (tertiary/aromatic N) is 1. The van der Waals surface area contributed by atoms with E-state index in [2.05, 4.69) is 0 Å². The highest BCUT2D eigenvalue weighted by Gasteiger charge is 2.70. The van der Waals surface area contributed by atoms with Gasteiger partial charge in [0, 0.05) is 17.9 Å². The van der Waals surface area contributed by atoms with E-state index >= 15 is 0 Å². The summed E-state index contributed by atoms with van der Waals surface area (Å²) in [6.45, 7) is 3.46. The molecule has 0 aromatic heterocycles. The number of benzene rings is 3. The molecule has 8 nitrogen and oxygen atoms in total. The number of amides is 1. The van der Waals surface area contributed by atoms with E-state index < -0.39 is 34.9 Å². The van der Waals surface area contributed by atoms with Crippen LogP contribution in [0.25, 0.3) is 0 Å². The maximum absolute atomic E-state index is 14.3. The predicted octanol–water partition coefficient (Wildman–Crippen LogP) is 5.46. The molecule has 0 saturated carbocycles. The van der Waals surface area contributed by atoms with E-state index in [9.17, 15) is 14.4 Å². The van der Waals surface area contributed by atoms with Crippen molar-refractivity contribution in [3.8, 4) is 11.5 Å². The highest BCUT2D eigenvalue weighted by atomic mass is 32.2. The first-order valence-corrected chi connectivity index (χ1v) is 14.8. The quantitative estimate of drug-likeness (QED) is 0.106. The van der Waals surface area contributed by atoms with E-state index in [-0.39, 0.29) is 6.61 Å². The lowest BCUT2D eigenvalue weighted by molar-refractivity contribution is -0.201. The second kappa shape index (κ2) is 14.3. The number of methoxy groups -OCH3 is 2. The van der Waals surface area contributed by atoms with Crippen LogP contribution in [0.2, 0.25) is 0 Å². The Hall–Kier alpha value is -3.98. The molecule has 1 aliphatic heterocycles. The lowest BCUT2D eigenvalue weighted by Crippen LogP contribution is -2.78. The number of likely N-dealkylation sites (tertiary alicyclic amines) is 1. The van der Waals surface area contributed by atoms with Crippen molar-refractivity contribution in [2.24, 2.45) is 0 Å². The Labute approximate surface area is 251 Å². The first-order chi connectivity index (χ1) is 20.3. The summed E-state index contributed by atoms with van der Waals surface area (Å²) in [5.41, 5.74) is 1.92. The summed E-state index contributed by atoms with van der Waals surface area (Å²) in [5, 5.41) is 0. The highest BCUT2D eigenvalue weighted by Crippen LogP contribution is 2.49. The Bertz CT molecular complexity index is 1300. The predicted molar refractivity (Wildman–Crippen MR) is 160 cm³/mol. The molecule has 2 atom stereocenters. The molecule has 0 N–H and O–H groups in total. The SMILES string of the molecule is CCCCOC(=O)C1N(C(Cc2ccc(OC)cc2)Cc2ccc(OC)cc2)C(=O)C1(OC(C)=O)Sc1ccccc1. The van der Waals surface area contributed by atoms with Crippen LogP contribution in [0.1, 0.15) is 37.8 Å². The lowest BCUT2D eigenvalue weighted by atomic mass is 9.88. The fraction of sp³-hybridized carbons (Fsp3) is 0.364. The van der Waals surface area contributed by atoms with Crippen LogP contribution in [0.4, 0.5) is 0 Å². The molecule has 1 amide bonds. The maximum atomic E-state index is 14.3. The van der Waals surface area contributed by atoms with Crippen LogP contribution < -0.4 is 9.47 Å². The molecule has 0 aliphatic carbocycles. The van der Waals surface area contributed by atoms with Gasteiger partial charge in [-0.1, -0.05) is 67.6 Å². The Morgan fingerprint density at radius 1 is 0.881 bits per heavy atom. The summed E-state index contributed by atoms with van der Waals surface area (Å²) in [6.07, 6.45) is 2.42. The molecule has 2 unspecified atom stereocenters. The third kappa shape index (κ3) is 7.07. The summed E-state index contributed by atoms with van der Waals surface area (Å²) < 4.78 is 22.1. The van der Waals surface area contributed by atoms with E-state index in [1.165, 1.54) is 6.92 Å². The number of thioether (sulfide) groups is 1. The molecule has 1 saturated heterocycles. The van der Waals surface area contributed by atoms with Crippen molar-refractivity contribution in [2.75, 3.05) is 20.8 Å². The van der Waals surface area contributed by atoms with Gasteiger partial charge < -0.3 is 23.8 Å². The molecule has 1 aliphatic rings. The number of esters is 2. The van der Waals surface area contributed by atoms with Gasteiger partial charge in [0.2, 0.25) is 0 Å². The van der Waals surface area contributed by atoms with E-state index in [0.717, 1.165) is 40.8 Å². The van der Waals surface area contributed by atoms with Crippen molar-refractivity contribution >= 4 is 29.6 Å². The smallest absolute Gasteiger partial charge is 0.334 e. The molecule has 1 fully saturated rings. The molecule has 9 heteroatoms. The first-order valence-electron chi connectivity index (χ1n) is 14.0. The summed E-state index contributed by atoms with van der Waals surface area (Å²) in [7, 11) is 3.21. The second-order valence-corrected chi connectivity index (χ2v) is 11.4. The Balaban J connectivity index is 1.75. The number of hydrogen-bond acceptors (Lipinski definition) is 8. The number of rotatable bonds is 14. The fourth-order valence-corrected chi connectivity index (χ4v) is 6.32. The third-order valence-corrected chi connectivity index (χ3v) is 8.39. The molecule has 0 radical (unpaired) electrons. The van der Waals surface area contributed by atoms with E-state index in [1.807, 2.05) is 85.8 Å². The van der Waals surface area contributed by atoms with Crippen molar-refractivity contribution in [2.45, 2.75) is 61.4 Å². The molecule has 4 rings (SSSR count). The maximum Gasteiger partial charge on any atom is 0.334 e. The van der Waals surface area contributed by atoms with E-state index in [1.54, 1.807) is 19.1 Å².